The standard InChI is InChI=1S/C13H9F2NO/c14-10-5-3-4-9(13(10)15)8-12(17)11-6-1-2-7-16-11/h1-7H,8H2. The molecule has 0 amide bonds. The van der Waals surface area contributed by atoms with Crippen LogP contribution in [0.1, 0.15) is 16.1 Å². The summed E-state index contributed by atoms with van der Waals surface area (Å²) in [6, 6.07) is 8.67. The van der Waals surface area contributed by atoms with Gasteiger partial charge in [-0.2, -0.15) is 0 Å². The summed E-state index contributed by atoms with van der Waals surface area (Å²) in [6.45, 7) is 0. The van der Waals surface area contributed by atoms with Gasteiger partial charge in [-0.3, -0.25) is 9.78 Å². The molecule has 1 heterocycles. The number of benzene rings is 1. The fourth-order valence-corrected chi connectivity index (χ4v) is 1.48. The number of carbonyl (C=O) groups excluding carboxylic acids is 1. The molecule has 0 spiro atoms. The van der Waals surface area contributed by atoms with Crippen LogP contribution in [0, 0.1) is 11.6 Å². The minimum atomic E-state index is -0.975. The van der Waals surface area contributed by atoms with Gasteiger partial charge in [0.2, 0.25) is 0 Å². The molecule has 0 atom stereocenters. The van der Waals surface area contributed by atoms with Crippen molar-refractivity contribution in [2.75, 3.05) is 0 Å². The van der Waals surface area contributed by atoms with Gasteiger partial charge >= 0.3 is 0 Å². The van der Waals surface area contributed by atoms with Crippen LogP contribution < -0.4 is 0 Å². The molecule has 17 heavy (non-hydrogen) atoms. The number of Topliss-reactive ketones (excluding diaryl/α,β-unsaturated/α-hetero) is 1. The fourth-order valence-electron chi connectivity index (χ4n) is 1.48. The molecule has 0 N–H and O–H groups in total. The largest absolute Gasteiger partial charge is 0.292 e. The molecule has 0 unspecified atom stereocenters. The first-order chi connectivity index (χ1) is 8.18. The predicted molar refractivity (Wildman–Crippen MR) is 58.6 cm³/mol. The van der Waals surface area contributed by atoms with E-state index in [1.165, 1.54) is 18.3 Å². The summed E-state index contributed by atoms with van der Waals surface area (Å²) in [7, 11) is 0. The lowest BCUT2D eigenvalue weighted by Crippen LogP contribution is -2.07. The number of aromatic nitrogens is 1. The Morgan fingerprint density at radius 3 is 2.65 bits per heavy atom. The Hall–Kier alpha value is -2.10. The van der Waals surface area contributed by atoms with Crippen molar-refractivity contribution in [3.8, 4) is 0 Å². The summed E-state index contributed by atoms with van der Waals surface area (Å²) in [4.78, 5) is 15.6. The second-order valence-corrected chi connectivity index (χ2v) is 3.53. The third-order valence-electron chi connectivity index (χ3n) is 2.33. The minimum absolute atomic E-state index is 0.0423. The topological polar surface area (TPSA) is 30.0 Å². The van der Waals surface area contributed by atoms with E-state index < -0.39 is 11.6 Å². The van der Waals surface area contributed by atoms with Gasteiger partial charge in [0.15, 0.2) is 17.4 Å². The highest BCUT2D eigenvalue weighted by Gasteiger charge is 2.13. The third kappa shape index (κ3) is 2.53. The number of ketones is 1. The second kappa shape index (κ2) is 4.82. The molecule has 86 valence electrons. The molecule has 1 aromatic heterocycles. The lowest BCUT2D eigenvalue weighted by molar-refractivity contribution is 0.0987. The lowest BCUT2D eigenvalue weighted by atomic mass is 10.1. The molecule has 0 bridgehead atoms. The number of pyridine rings is 1. The molecule has 0 fully saturated rings. The maximum Gasteiger partial charge on any atom is 0.185 e. The zero-order valence-electron chi connectivity index (χ0n) is 8.86. The minimum Gasteiger partial charge on any atom is -0.292 e. The van der Waals surface area contributed by atoms with E-state index in [1.54, 1.807) is 18.2 Å². The van der Waals surface area contributed by atoms with E-state index in [9.17, 15) is 13.6 Å². The molecule has 2 aromatic rings. The first-order valence-electron chi connectivity index (χ1n) is 5.05. The Kier molecular flexibility index (Phi) is 3.23. The van der Waals surface area contributed by atoms with E-state index >= 15 is 0 Å². The fraction of sp³-hybridized carbons (Fsp3) is 0.0769. The summed E-state index contributed by atoms with van der Waals surface area (Å²) in [5.41, 5.74) is 0.289. The summed E-state index contributed by atoms with van der Waals surface area (Å²) >= 11 is 0. The Balaban J connectivity index is 2.22. The van der Waals surface area contributed by atoms with Crippen molar-refractivity contribution in [2.24, 2.45) is 0 Å². The Morgan fingerprint density at radius 2 is 1.94 bits per heavy atom. The van der Waals surface area contributed by atoms with Crippen molar-refractivity contribution in [3.05, 3.63) is 65.5 Å². The SMILES string of the molecule is O=C(Cc1cccc(F)c1F)c1ccccn1. The van der Waals surface area contributed by atoms with Crippen LogP contribution in [0.4, 0.5) is 8.78 Å². The quantitative estimate of drug-likeness (QED) is 0.763. The highest BCUT2D eigenvalue weighted by molar-refractivity contribution is 5.95. The van der Waals surface area contributed by atoms with Crippen LogP contribution in [0.2, 0.25) is 0 Å². The first-order valence-corrected chi connectivity index (χ1v) is 5.05. The van der Waals surface area contributed by atoms with Crippen LogP contribution in [-0.4, -0.2) is 10.8 Å². The van der Waals surface area contributed by atoms with Crippen molar-refractivity contribution < 1.29 is 13.6 Å². The van der Waals surface area contributed by atoms with Gasteiger partial charge < -0.3 is 0 Å². The second-order valence-electron chi connectivity index (χ2n) is 3.53. The monoisotopic (exact) mass is 233 g/mol. The summed E-state index contributed by atoms with van der Waals surface area (Å²) < 4.78 is 26.3. The molecular formula is C13H9F2NO. The Labute approximate surface area is 96.9 Å². The van der Waals surface area contributed by atoms with E-state index in [0.717, 1.165) is 6.07 Å². The van der Waals surface area contributed by atoms with E-state index in [2.05, 4.69) is 4.98 Å². The van der Waals surface area contributed by atoms with Crippen LogP contribution in [-0.2, 0) is 6.42 Å². The number of nitrogens with zero attached hydrogens (tertiary/aromatic N) is 1. The zero-order chi connectivity index (χ0) is 12.3. The molecule has 2 rings (SSSR count). The predicted octanol–water partition coefficient (Wildman–Crippen LogP) is 2.79. The molecule has 1 aromatic carbocycles. The maximum atomic E-state index is 13.3. The van der Waals surface area contributed by atoms with Crippen LogP contribution >= 0.6 is 0 Å². The molecule has 0 aliphatic rings. The van der Waals surface area contributed by atoms with Gasteiger partial charge in [0.05, 0.1) is 0 Å². The lowest BCUT2D eigenvalue weighted by Gasteiger charge is -2.02. The van der Waals surface area contributed by atoms with Crippen LogP contribution in [0.15, 0.2) is 42.6 Å². The molecule has 2 nitrogen and oxygen atoms in total. The highest BCUT2D eigenvalue weighted by Crippen LogP contribution is 2.13. The maximum absolute atomic E-state index is 13.3. The van der Waals surface area contributed by atoms with Gasteiger partial charge in [-0.25, -0.2) is 8.78 Å². The average molecular weight is 233 g/mol. The number of hydrogen-bond acceptors (Lipinski definition) is 2. The number of halogens is 2. The molecule has 0 saturated carbocycles. The normalized spacial score (nSPS) is 10.2. The molecule has 0 radical (unpaired) electrons. The van der Waals surface area contributed by atoms with E-state index in [1.807, 2.05) is 0 Å². The molecule has 0 aliphatic heterocycles. The van der Waals surface area contributed by atoms with Gasteiger partial charge in [0.25, 0.3) is 0 Å². The van der Waals surface area contributed by atoms with E-state index in [4.69, 9.17) is 0 Å². The van der Waals surface area contributed by atoms with Gasteiger partial charge in [-0.05, 0) is 23.8 Å². The summed E-state index contributed by atoms with van der Waals surface area (Å²) in [5, 5.41) is 0. The van der Waals surface area contributed by atoms with Gasteiger partial charge in [-0.15, -0.1) is 0 Å². The summed E-state index contributed by atoms with van der Waals surface area (Å²) in [6.07, 6.45) is 1.29. The summed E-state index contributed by atoms with van der Waals surface area (Å²) in [5.74, 6) is -2.26. The smallest absolute Gasteiger partial charge is 0.185 e. The van der Waals surface area contributed by atoms with Crippen molar-refractivity contribution in [1.82, 2.24) is 4.98 Å². The average Bonchev–Trinajstić information content (AvgIpc) is 2.36. The molecular weight excluding hydrogens is 224 g/mol. The molecule has 0 saturated heterocycles. The first kappa shape index (κ1) is 11.4. The Morgan fingerprint density at radius 1 is 1.12 bits per heavy atom. The van der Waals surface area contributed by atoms with E-state index in [-0.39, 0.29) is 23.5 Å². The van der Waals surface area contributed by atoms with Gasteiger partial charge in [0.1, 0.15) is 5.69 Å². The zero-order valence-corrected chi connectivity index (χ0v) is 8.86. The van der Waals surface area contributed by atoms with Crippen LogP contribution in [0.3, 0.4) is 0 Å². The number of carbonyl (C=O) groups is 1. The molecule has 0 aliphatic carbocycles. The highest BCUT2D eigenvalue weighted by atomic mass is 19.2. The van der Waals surface area contributed by atoms with Crippen molar-refractivity contribution in [2.45, 2.75) is 6.42 Å². The third-order valence-corrected chi connectivity index (χ3v) is 2.33. The number of rotatable bonds is 3. The number of hydrogen-bond donors (Lipinski definition) is 0. The van der Waals surface area contributed by atoms with Gasteiger partial charge in [0, 0.05) is 12.6 Å². The molecule has 4 heteroatoms. The van der Waals surface area contributed by atoms with Crippen LogP contribution in [0.25, 0.3) is 0 Å². The van der Waals surface area contributed by atoms with Crippen molar-refractivity contribution in [1.29, 1.82) is 0 Å². The van der Waals surface area contributed by atoms with Crippen molar-refractivity contribution >= 4 is 5.78 Å². The van der Waals surface area contributed by atoms with Gasteiger partial charge in [-0.1, -0.05) is 18.2 Å². The van der Waals surface area contributed by atoms with Crippen LogP contribution in [0.5, 0.6) is 0 Å². The van der Waals surface area contributed by atoms with E-state index in [0.29, 0.717) is 0 Å². The Bertz CT molecular complexity index is 540. The van der Waals surface area contributed by atoms with Crippen molar-refractivity contribution in [3.63, 3.8) is 0 Å².